The van der Waals surface area contributed by atoms with Crippen LogP contribution in [0.5, 0.6) is 0 Å². The molecule has 0 radical (unpaired) electrons. The predicted octanol–water partition coefficient (Wildman–Crippen LogP) is 5.17. The van der Waals surface area contributed by atoms with Gasteiger partial charge in [-0.05, 0) is 63.5 Å². The minimum absolute atomic E-state index is 0.106. The van der Waals surface area contributed by atoms with Gasteiger partial charge in [-0.15, -0.1) is 0 Å². The molecule has 3 rings (SSSR count). The molecule has 1 heterocycles. The van der Waals surface area contributed by atoms with Crippen molar-refractivity contribution >= 4 is 23.0 Å². The lowest BCUT2D eigenvalue weighted by Crippen LogP contribution is -2.46. The Bertz CT molecular complexity index is 669. The van der Waals surface area contributed by atoms with Crippen LogP contribution in [-0.2, 0) is 4.74 Å². The Kier molecular flexibility index (Phi) is 7.55. The van der Waals surface area contributed by atoms with Gasteiger partial charge in [-0.25, -0.2) is 0 Å². The van der Waals surface area contributed by atoms with Crippen molar-refractivity contribution in [2.24, 2.45) is 0 Å². The number of nitrogens with zero attached hydrogens (tertiary/aromatic N) is 2. The summed E-state index contributed by atoms with van der Waals surface area (Å²) in [7, 11) is 0. The number of nitro benzene ring substituents is 1. The average Bonchev–Trinajstić information content (AvgIpc) is 2.70. The van der Waals surface area contributed by atoms with Crippen LogP contribution in [-0.4, -0.2) is 47.7 Å². The van der Waals surface area contributed by atoms with E-state index in [1.54, 1.807) is 19.1 Å². The number of nitro groups is 1. The number of piperidine rings is 1. The Morgan fingerprint density at radius 3 is 2.50 bits per heavy atom. The monoisotopic (exact) mass is 409 g/mol. The maximum Gasteiger partial charge on any atom is 0.292 e. The predicted molar refractivity (Wildman–Crippen MR) is 113 cm³/mol. The lowest BCUT2D eigenvalue weighted by molar-refractivity contribution is -0.384. The number of aryl methyl sites for hydroxylation is 1. The van der Waals surface area contributed by atoms with Crippen molar-refractivity contribution in [1.82, 2.24) is 4.90 Å². The van der Waals surface area contributed by atoms with E-state index in [-0.39, 0.29) is 16.7 Å². The van der Waals surface area contributed by atoms with E-state index >= 15 is 0 Å². The number of hydrogen-bond acceptors (Lipinski definition) is 5. The standard InChI is InChI=1S/C21H32ClN3O3/c1-3-12-28-18-6-4-17(5-7-18)24-10-8-16(9-11-24)23-20-14-19(22)15(2)13-21(20)25(26)27/h13-14,16-18,23H,3-12H2,1-2H3/t17-,18-. The molecule has 28 heavy (non-hydrogen) atoms. The van der Waals surface area contributed by atoms with Gasteiger partial charge in [-0.3, -0.25) is 10.1 Å². The molecule has 0 atom stereocenters. The smallest absolute Gasteiger partial charge is 0.292 e. The van der Waals surface area contributed by atoms with Crippen LogP contribution in [0.15, 0.2) is 12.1 Å². The van der Waals surface area contributed by atoms with E-state index in [4.69, 9.17) is 16.3 Å². The van der Waals surface area contributed by atoms with Crippen LogP contribution >= 0.6 is 11.6 Å². The zero-order valence-electron chi connectivity index (χ0n) is 17.0. The largest absolute Gasteiger partial charge is 0.378 e. The molecule has 0 aromatic heterocycles. The maximum atomic E-state index is 11.4. The molecule has 0 amide bonds. The van der Waals surface area contributed by atoms with Gasteiger partial charge in [-0.1, -0.05) is 18.5 Å². The van der Waals surface area contributed by atoms with Crippen LogP contribution in [0.25, 0.3) is 0 Å². The van der Waals surface area contributed by atoms with Gasteiger partial charge in [0.2, 0.25) is 0 Å². The second kappa shape index (κ2) is 9.90. The SMILES string of the molecule is CCCO[C@H]1CC[C@H](N2CCC(Nc3cc(Cl)c(C)cc3[N+](=O)[O-])CC2)CC1. The number of anilines is 1. The summed E-state index contributed by atoms with van der Waals surface area (Å²) >= 11 is 6.20. The van der Waals surface area contributed by atoms with Crippen molar-refractivity contribution in [2.45, 2.75) is 77.0 Å². The fraction of sp³-hybridized carbons (Fsp3) is 0.714. The van der Waals surface area contributed by atoms with E-state index in [0.29, 0.717) is 22.9 Å². The van der Waals surface area contributed by atoms with Crippen LogP contribution in [0, 0.1) is 17.0 Å². The summed E-state index contributed by atoms with van der Waals surface area (Å²) in [5, 5.41) is 15.3. The molecule has 1 aliphatic carbocycles. The molecule has 7 heteroatoms. The molecule has 0 bridgehead atoms. The van der Waals surface area contributed by atoms with Gasteiger partial charge < -0.3 is 15.0 Å². The second-order valence-electron chi connectivity index (χ2n) is 8.13. The first-order valence-electron chi connectivity index (χ1n) is 10.5. The number of halogens is 1. The third-order valence-electron chi connectivity index (χ3n) is 6.08. The maximum absolute atomic E-state index is 11.4. The molecule has 2 aliphatic rings. The van der Waals surface area contributed by atoms with Gasteiger partial charge in [0.25, 0.3) is 5.69 Å². The van der Waals surface area contributed by atoms with Gasteiger partial charge in [0.15, 0.2) is 0 Å². The molecule has 0 unspecified atom stereocenters. The molecular formula is C21H32ClN3O3. The van der Waals surface area contributed by atoms with E-state index in [2.05, 4.69) is 17.1 Å². The van der Waals surface area contributed by atoms with E-state index in [0.717, 1.165) is 57.4 Å². The number of likely N-dealkylation sites (tertiary alicyclic amines) is 1. The van der Waals surface area contributed by atoms with Crippen LogP contribution < -0.4 is 5.32 Å². The lowest BCUT2D eigenvalue weighted by atomic mass is 9.90. The number of hydrogen-bond donors (Lipinski definition) is 1. The Morgan fingerprint density at radius 2 is 1.89 bits per heavy atom. The first-order chi connectivity index (χ1) is 13.5. The summed E-state index contributed by atoms with van der Waals surface area (Å²) in [6.45, 7) is 6.90. The fourth-order valence-electron chi connectivity index (χ4n) is 4.42. The van der Waals surface area contributed by atoms with Gasteiger partial charge in [-0.2, -0.15) is 0 Å². The van der Waals surface area contributed by atoms with Crippen molar-refractivity contribution in [1.29, 1.82) is 0 Å². The van der Waals surface area contributed by atoms with Gasteiger partial charge in [0, 0.05) is 42.9 Å². The molecule has 0 spiro atoms. The molecule has 6 nitrogen and oxygen atoms in total. The first kappa shape index (κ1) is 21.3. The molecule has 156 valence electrons. The number of rotatable bonds is 7. The molecule has 1 aliphatic heterocycles. The highest BCUT2D eigenvalue weighted by Crippen LogP contribution is 2.33. The Morgan fingerprint density at radius 1 is 1.21 bits per heavy atom. The average molecular weight is 410 g/mol. The Hall–Kier alpha value is -1.37. The minimum atomic E-state index is -0.333. The highest BCUT2D eigenvalue weighted by molar-refractivity contribution is 6.31. The summed E-state index contributed by atoms with van der Waals surface area (Å²) in [4.78, 5) is 13.7. The van der Waals surface area contributed by atoms with Crippen molar-refractivity contribution < 1.29 is 9.66 Å². The zero-order valence-corrected chi connectivity index (χ0v) is 17.7. The van der Waals surface area contributed by atoms with Crippen LogP contribution in [0.1, 0.15) is 57.4 Å². The van der Waals surface area contributed by atoms with Crippen molar-refractivity contribution in [3.8, 4) is 0 Å². The van der Waals surface area contributed by atoms with Gasteiger partial charge in [0.1, 0.15) is 5.69 Å². The molecule has 1 aromatic carbocycles. The normalized spacial score (nSPS) is 24.2. The van der Waals surface area contributed by atoms with Crippen molar-refractivity contribution in [3.63, 3.8) is 0 Å². The second-order valence-corrected chi connectivity index (χ2v) is 8.54. The third kappa shape index (κ3) is 5.37. The Balaban J connectivity index is 1.50. The number of benzene rings is 1. The van der Waals surface area contributed by atoms with E-state index in [1.807, 2.05) is 0 Å². The van der Waals surface area contributed by atoms with Gasteiger partial charge in [0.05, 0.1) is 11.0 Å². The minimum Gasteiger partial charge on any atom is -0.378 e. The highest BCUT2D eigenvalue weighted by atomic mass is 35.5. The van der Waals surface area contributed by atoms with Crippen LogP contribution in [0.3, 0.4) is 0 Å². The summed E-state index contributed by atoms with van der Waals surface area (Å²) < 4.78 is 5.91. The van der Waals surface area contributed by atoms with Crippen LogP contribution in [0.2, 0.25) is 5.02 Å². The molecule has 2 fully saturated rings. The zero-order chi connectivity index (χ0) is 20.1. The van der Waals surface area contributed by atoms with Crippen LogP contribution in [0.4, 0.5) is 11.4 Å². The lowest BCUT2D eigenvalue weighted by Gasteiger charge is -2.41. The van der Waals surface area contributed by atoms with E-state index in [1.165, 1.54) is 12.8 Å². The first-order valence-corrected chi connectivity index (χ1v) is 10.9. The number of nitrogens with one attached hydrogen (secondary N) is 1. The Labute approximate surface area is 172 Å². The highest BCUT2D eigenvalue weighted by Gasteiger charge is 2.30. The quantitative estimate of drug-likeness (QED) is 0.497. The molecule has 1 aromatic rings. The third-order valence-corrected chi connectivity index (χ3v) is 6.49. The summed E-state index contributed by atoms with van der Waals surface area (Å²) in [5.74, 6) is 0. The summed E-state index contributed by atoms with van der Waals surface area (Å²) in [5.41, 5.74) is 1.37. The van der Waals surface area contributed by atoms with Crippen molar-refractivity contribution in [3.05, 3.63) is 32.8 Å². The van der Waals surface area contributed by atoms with Gasteiger partial charge >= 0.3 is 0 Å². The van der Waals surface area contributed by atoms with E-state index in [9.17, 15) is 10.1 Å². The molecule has 1 saturated carbocycles. The summed E-state index contributed by atoms with van der Waals surface area (Å²) in [6, 6.07) is 4.15. The van der Waals surface area contributed by atoms with E-state index < -0.39 is 0 Å². The fourth-order valence-corrected chi connectivity index (χ4v) is 4.59. The topological polar surface area (TPSA) is 67.6 Å². The molecule has 1 N–H and O–H groups in total. The molecule has 1 saturated heterocycles. The number of ether oxygens (including phenoxy) is 1. The van der Waals surface area contributed by atoms with Crippen molar-refractivity contribution in [2.75, 3.05) is 25.0 Å². The summed E-state index contributed by atoms with van der Waals surface area (Å²) in [6.07, 6.45) is 8.28. The molecular weight excluding hydrogens is 378 g/mol.